The van der Waals surface area contributed by atoms with Gasteiger partial charge in [-0.05, 0) is 25.8 Å². The van der Waals surface area contributed by atoms with Gasteiger partial charge in [0.05, 0.1) is 11.2 Å². The van der Waals surface area contributed by atoms with Crippen LogP contribution in [0.1, 0.15) is 12.0 Å². The van der Waals surface area contributed by atoms with Gasteiger partial charge in [-0.2, -0.15) is 13.2 Å². The van der Waals surface area contributed by atoms with Crippen LogP contribution in [0.4, 0.5) is 19.1 Å². The molecule has 0 unspecified atom stereocenters. The first-order valence-electron chi connectivity index (χ1n) is 8.58. The number of aromatic amines is 1. The second-order valence-electron chi connectivity index (χ2n) is 6.71. The molecule has 0 atom stereocenters. The quantitative estimate of drug-likeness (QED) is 0.424. The zero-order chi connectivity index (χ0) is 20.5. The van der Waals surface area contributed by atoms with Gasteiger partial charge in [-0.3, -0.25) is 0 Å². The number of H-pyrrole nitrogens is 1. The lowest BCUT2D eigenvalue weighted by molar-refractivity contribution is -0.137. The molecule has 3 aromatic rings. The first-order chi connectivity index (χ1) is 13.1. The second-order valence-corrected chi connectivity index (χ2v) is 9.89. The first-order valence-corrected chi connectivity index (χ1v) is 11.2. The van der Waals surface area contributed by atoms with Crippen molar-refractivity contribution < 1.29 is 22.8 Å². The smallest absolute Gasteiger partial charge is 0.396 e. The number of nitrogens with zero attached hydrogens (tertiary/aromatic N) is 2. The van der Waals surface area contributed by atoms with E-state index in [4.69, 9.17) is 5.11 Å². The molecule has 6 nitrogen and oxygen atoms in total. The maximum Gasteiger partial charge on any atom is 0.419 e. The number of halogens is 3. The summed E-state index contributed by atoms with van der Waals surface area (Å²) in [7, 11) is -2.64. The molecule has 2 heterocycles. The standard InChI is InChI=1S/C18H20F3N4O2P/c1-28(2,27)14-6-3-5-11-12(9-23-16(11)14)15-13(18(19,20)21)10-24-17(25-15)22-7-4-8-26/h3,5-6,9-10,23,26H,4,7-8H2,1-2H3,(H,22,24,25). The largest absolute Gasteiger partial charge is 0.419 e. The highest BCUT2D eigenvalue weighted by atomic mass is 31.2. The molecule has 0 spiro atoms. The Balaban J connectivity index is 2.19. The molecule has 0 radical (unpaired) electrons. The lowest BCUT2D eigenvalue weighted by atomic mass is 10.1. The third kappa shape index (κ3) is 4.05. The van der Waals surface area contributed by atoms with Crippen LogP contribution in [0.25, 0.3) is 22.2 Å². The van der Waals surface area contributed by atoms with Gasteiger partial charge in [0.25, 0.3) is 0 Å². The van der Waals surface area contributed by atoms with Crippen molar-refractivity contribution in [2.45, 2.75) is 12.6 Å². The van der Waals surface area contributed by atoms with Crippen molar-refractivity contribution in [2.24, 2.45) is 0 Å². The molecule has 0 saturated heterocycles. The van der Waals surface area contributed by atoms with E-state index in [9.17, 15) is 17.7 Å². The number of benzene rings is 1. The second kappa shape index (κ2) is 7.56. The number of aromatic nitrogens is 3. The Bertz CT molecular complexity index is 1040. The molecule has 3 N–H and O–H groups in total. The first kappa shape index (κ1) is 20.4. The van der Waals surface area contributed by atoms with E-state index in [1.165, 1.54) is 6.20 Å². The van der Waals surface area contributed by atoms with E-state index in [0.29, 0.717) is 29.2 Å². The highest BCUT2D eigenvalue weighted by Gasteiger charge is 2.36. The fraction of sp³-hybridized carbons (Fsp3) is 0.333. The van der Waals surface area contributed by atoms with E-state index in [2.05, 4.69) is 20.3 Å². The average Bonchev–Trinajstić information content (AvgIpc) is 3.04. The Morgan fingerprint density at radius 2 is 2.04 bits per heavy atom. The molecule has 1 aromatic carbocycles. The number of hydrogen-bond acceptors (Lipinski definition) is 5. The van der Waals surface area contributed by atoms with E-state index in [0.717, 1.165) is 6.20 Å². The molecule has 150 valence electrons. The van der Waals surface area contributed by atoms with Crippen LogP contribution in [-0.2, 0) is 10.7 Å². The summed E-state index contributed by atoms with van der Waals surface area (Å²) in [5.74, 6) is 0.0404. The minimum absolute atomic E-state index is 0.0404. The molecular weight excluding hydrogens is 392 g/mol. The van der Waals surface area contributed by atoms with Gasteiger partial charge in [-0.15, -0.1) is 0 Å². The lowest BCUT2D eigenvalue weighted by Gasteiger charge is -2.13. The predicted octanol–water partition coefficient (Wildman–Crippen LogP) is 3.69. The molecule has 3 rings (SSSR count). The van der Waals surface area contributed by atoms with Crippen molar-refractivity contribution in [3.05, 3.63) is 36.2 Å². The Labute approximate surface area is 159 Å². The van der Waals surface area contributed by atoms with Crippen LogP contribution in [0, 0.1) is 0 Å². The summed E-state index contributed by atoms with van der Waals surface area (Å²) in [6.45, 7) is 3.49. The fourth-order valence-electron chi connectivity index (χ4n) is 2.94. The molecular formula is C18H20F3N4O2P. The van der Waals surface area contributed by atoms with E-state index in [1.807, 2.05) is 0 Å². The normalized spacial score (nSPS) is 12.5. The number of anilines is 1. The van der Waals surface area contributed by atoms with Crippen molar-refractivity contribution >= 4 is 29.3 Å². The van der Waals surface area contributed by atoms with E-state index >= 15 is 0 Å². The molecule has 0 fully saturated rings. The zero-order valence-corrected chi connectivity index (χ0v) is 16.2. The van der Waals surface area contributed by atoms with Crippen LogP contribution in [-0.4, -0.2) is 46.5 Å². The van der Waals surface area contributed by atoms with Gasteiger partial charge in [0.1, 0.15) is 12.7 Å². The monoisotopic (exact) mass is 412 g/mol. The number of nitrogens with one attached hydrogen (secondary N) is 2. The van der Waals surface area contributed by atoms with Crippen molar-refractivity contribution in [3.63, 3.8) is 0 Å². The van der Waals surface area contributed by atoms with Gasteiger partial charge in [0, 0.05) is 41.8 Å². The predicted molar refractivity (Wildman–Crippen MR) is 104 cm³/mol. The minimum Gasteiger partial charge on any atom is -0.396 e. The molecule has 2 aromatic heterocycles. The van der Waals surface area contributed by atoms with Crippen molar-refractivity contribution in [1.82, 2.24) is 15.0 Å². The van der Waals surface area contributed by atoms with Crippen molar-refractivity contribution in [1.29, 1.82) is 0 Å². The van der Waals surface area contributed by atoms with Gasteiger partial charge in [-0.1, -0.05) is 12.1 Å². The molecule has 0 aliphatic heterocycles. The number of fused-ring (bicyclic) bond motifs is 1. The van der Waals surface area contributed by atoms with Crippen LogP contribution < -0.4 is 10.6 Å². The number of rotatable bonds is 6. The number of hydrogen-bond donors (Lipinski definition) is 3. The Morgan fingerprint density at radius 1 is 1.29 bits per heavy atom. The van der Waals surface area contributed by atoms with Crippen LogP contribution in [0.2, 0.25) is 0 Å². The molecule has 10 heteroatoms. The van der Waals surface area contributed by atoms with Crippen LogP contribution in [0.15, 0.2) is 30.6 Å². The Morgan fingerprint density at radius 3 is 2.68 bits per heavy atom. The summed E-state index contributed by atoms with van der Waals surface area (Å²) in [4.78, 5) is 10.8. The maximum atomic E-state index is 13.6. The highest BCUT2D eigenvalue weighted by molar-refractivity contribution is 7.70. The molecule has 28 heavy (non-hydrogen) atoms. The van der Waals surface area contributed by atoms with Crippen LogP contribution >= 0.6 is 7.14 Å². The van der Waals surface area contributed by atoms with Crippen molar-refractivity contribution in [3.8, 4) is 11.3 Å². The topological polar surface area (TPSA) is 90.9 Å². The lowest BCUT2D eigenvalue weighted by Crippen LogP contribution is -2.13. The summed E-state index contributed by atoms with van der Waals surface area (Å²) < 4.78 is 53.2. The molecule has 0 saturated carbocycles. The van der Waals surface area contributed by atoms with Gasteiger partial charge in [0.2, 0.25) is 5.95 Å². The van der Waals surface area contributed by atoms with Gasteiger partial charge < -0.3 is 20.0 Å². The third-order valence-electron chi connectivity index (χ3n) is 4.24. The molecule has 0 bridgehead atoms. The third-order valence-corrected chi connectivity index (χ3v) is 5.77. The summed E-state index contributed by atoms with van der Waals surface area (Å²) in [5, 5.41) is 12.7. The summed E-state index contributed by atoms with van der Waals surface area (Å²) in [6.07, 6.45) is -2.03. The van der Waals surface area contributed by atoms with E-state index in [-0.39, 0.29) is 23.8 Å². The highest BCUT2D eigenvalue weighted by Crippen LogP contribution is 2.41. The van der Waals surface area contributed by atoms with Gasteiger partial charge >= 0.3 is 6.18 Å². The van der Waals surface area contributed by atoms with Crippen molar-refractivity contribution in [2.75, 3.05) is 31.8 Å². The summed E-state index contributed by atoms with van der Waals surface area (Å²) in [5.41, 5.74) is -0.431. The summed E-state index contributed by atoms with van der Waals surface area (Å²) >= 11 is 0. The van der Waals surface area contributed by atoms with Gasteiger partial charge in [-0.25, -0.2) is 9.97 Å². The van der Waals surface area contributed by atoms with Gasteiger partial charge in [0.15, 0.2) is 0 Å². The number of alkyl halides is 3. The minimum atomic E-state index is -4.63. The van der Waals surface area contributed by atoms with Crippen LogP contribution in [0.3, 0.4) is 0 Å². The zero-order valence-electron chi connectivity index (χ0n) is 15.3. The molecule has 0 aliphatic rings. The number of aliphatic hydroxyl groups is 1. The SMILES string of the molecule is CP(C)(=O)c1cccc2c(-c3nc(NCCCO)ncc3C(F)(F)F)c[nH]c12. The molecule has 0 aliphatic carbocycles. The summed E-state index contributed by atoms with van der Waals surface area (Å²) in [6, 6.07) is 5.04. The fourth-order valence-corrected chi connectivity index (χ4v) is 4.11. The van der Waals surface area contributed by atoms with Crippen LogP contribution in [0.5, 0.6) is 0 Å². The number of para-hydroxylation sites is 1. The Hall–Kier alpha value is -2.38. The maximum absolute atomic E-state index is 13.6. The Kier molecular flexibility index (Phi) is 5.50. The average molecular weight is 412 g/mol. The number of aliphatic hydroxyl groups excluding tert-OH is 1. The van der Waals surface area contributed by atoms with E-state index in [1.54, 1.807) is 31.5 Å². The molecule has 0 amide bonds. The van der Waals surface area contributed by atoms with E-state index < -0.39 is 18.9 Å².